The summed E-state index contributed by atoms with van der Waals surface area (Å²) >= 11 is 3.61. The Morgan fingerprint density at radius 1 is 1.62 bits per heavy atom. The number of halogens is 1. The van der Waals surface area contributed by atoms with Crippen molar-refractivity contribution in [1.29, 1.82) is 0 Å². The number of aromatic nitrogens is 2. The van der Waals surface area contributed by atoms with E-state index < -0.39 is 0 Å². The van der Waals surface area contributed by atoms with Crippen LogP contribution in [0.5, 0.6) is 0 Å². The van der Waals surface area contributed by atoms with Crippen LogP contribution in [0, 0.1) is 6.92 Å². The van der Waals surface area contributed by atoms with E-state index in [0.29, 0.717) is 6.04 Å². The van der Waals surface area contributed by atoms with Crippen molar-refractivity contribution in [3.63, 3.8) is 0 Å². The lowest BCUT2D eigenvalue weighted by molar-refractivity contribution is 0.525. The fourth-order valence-corrected chi connectivity index (χ4v) is 2.25. The average Bonchev–Trinajstić information content (AvgIpc) is 2.55. The van der Waals surface area contributed by atoms with E-state index in [0.717, 1.165) is 29.6 Å². The highest BCUT2D eigenvalue weighted by Crippen LogP contribution is 2.22. The second-order valence-electron chi connectivity index (χ2n) is 3.88. The van der Waals surface area contributed by atoms with E-state index in [1.807, 2.05) is 20.0 Å². The van der Waals surface area contributed by atoms with Crippen molar-refractivity contribution in [2.75, 3.05) is 7.05 Å². The Kier molecular flexibility index (Phi) is 5.22. The minimum atomic E-state index is 0.426. The summed E-state index contributed by atoms with van der Waals surface area (Å²) in [5, 5.41) is 7.80. The predicted octanol–water partition coefficient (Wildman–Crippen LogP) is 2.68. The van der Waals surface area contributed by atoms with Gasteiger partial charge in [-0.3, -0.25) is 4.68 Å². The predicted molar refractivity (Wildman–Crippen MR) is 71.7 cm³/mol. The molecule has 4 heteroatoms. The molecule has 90 valence electrons. The number of hydrogen-bond acceptors (Lipinski definition) is 2. The Labute approximate surface area is 106 Å². The summed E-state index contributed by atoms with van der Waals surface area (Å²) in [6.45, 7) is 8.84. The third-order valence-corrected chi connectivity index (χ3v) is 3.78. The minimum absolute atomic E-state index is 0.426. The molecule has 1 heterocycles. The molecule has 1 N–H and O–H groups in total. The molecule has 0 saturated carbocycles. The molecule has 0 saturated heterocycles. The summed E-state index contributed by atoms with van der Waals surface area (Å²) in [5.41, 5.74) is 2.33. The fraction of sp³-hybridized carbons (Fsp3) is 0.583. The lowest BCUT2D eigenvalue weighted by Crippen LogP contribution is -2.28. The largest absolute Gasteiger partial charge is 0.316 e. The molecule has 16 heavy (non-hydrogen) atoms. The molecule has 1 atom stereocenters. The highest BCUT2D eigenvalue weighted by atomic mass is 79.9. The lowest BCUT2D eigenvalue weighted by atomic mass is 10.1. The third kappa shape index (κ3) is 2.95. The zero-order valence-corrected chi connectivity index (χ0v) is 11.8. The second kappa shape index (κ2) is 6.21. The van der Waals surface area contributed by atoms with E-state index in [2.05, 4.69) is 44.5 Å². The van der Waals surface area contributed by atoms with Gasteiger partial charge in [0.05, 0.1) is 15.9 Å². The maximum absolute atomic E-state index is 4.49. The highest BCUT2D eigenvalue weighted by Gasteiger charge is 2.15. The second-order valence-corrected chi connectivity index (χ2v) is 4.67. The Hall–Kier alpha value is -0.610. The third-order valence-electron chi connectivity index (χ3n) is 2.75. The molecule has 0 fully saturated rings. The van der Waals surface area contributed by atoms with Crippen molar-refractivity contribution < 1.29 is 0 Å². The standard InChI is InChI=1S/C12H20BrN3/c1-5-7-10(14-4)8-11-12(13)9(3)15-16(11)6-2/h5,10,14H,1,6-8H2,2-4H3. The number of aryl methyl sites for hydroxylation is 2. The number of nitrogens with zero attached hydrogens (tertiary/aromatic N) is 2. The van der Waals surface area contributed by atoms with Gasteiger partial charge in [-0.2, -0.15) is 5.10 Å². The van der Waals surface area contributed by atoms with E-state index in [-0.39, 0.29) is 0 Å². The number of rotatable bonds is 6. The Balaban J connectivity index is 2.89. The lowest BCUT2D eigenvalue weighted by Gasteiger charge is -2.15. The molecule has 0 spiro atoms. The van der Waals surface area contributed by atoms with E-state index in [9.17, 15) is 0 Å². The van der Waals surface area contributed by atoms with Crippen molar-refractivity contribution in [1.82, 2.24) is 15.1 Å². The van der Waals surface area contributed by atoms with Crippen molar-refractivity contribution in [3.05, 3.63) is 28.5 Å². The highest BCUT2D eigenvalue weighted by molar-refractivity contribution is 9.10. The van der Waals surface area contributed by atoms with Crippen LogP contribution in [0.15, 0.2) is 17.1 Å². The summed E-state index contributed by atoms with van der Waals surface area (Å²) in [6.07, 6.45) is 3.89. The SMILES string of the molecule is C=CCC(Cc1c(Br)c(C)nn1CC)NC. The molecule has 1 aromatic heterocycles. The van der Waals surface area contributed by atoms with E-state index in [4.69, 9.17) is 0 Å². The molecular formula is C12H20BrN3. The topological polar surface area (TPSA) is 29.9 Å². The Bertz CT molecular complexity index is 357. The van der Waals surface area contributed by atoms with Crippen LogP contribution in [0.2, 0.25) is 0 Å². The monoisotopic (exact) mass is 285 g/mol. The first-order valence-electron chi connectivity index (χ1n) is 5.63. The summed E-state index contributed by atoms with van der Waals surface area (Å²) in [5.74, 6) is 0. The molecule has 0 aliphatic carbocycles. The van der Waals surface area contributed by atoms with E-state index in [1.54, 1.807) is 0 Å². The Morgan fingerprint density at radius 3 is 2.81 bits per heavy atom. The quantitative estimate of drug-likeness (QED) is 0.815. The summed E-state index contributed by atoms with van der Waals surface area (Å²) < 4.78 is 3.20. The van der Waals surface area contributed by atoms with Crippen LogP contribution in [0.25, 0.3) is 0 Å². The number of likely N-dealkylation sites (N-methyl/N-ethyl adjacent to an activating group) is 1. The molecule has 0 amide bonds. The molecule has 0 aliphatic heterocycles. The molecule has 1 aromatic rings. The van der Waals surface area contributed by atoms with Gasteiger partial charge < -0.3 is 5.32 Å². The van der Waals surface area contributed by atoms with Gasteiger partial charge in [-0.05, 0) is 43.2 Å². The van der Waals surface area contributed by atoms with Crippen LogP contribution < -0.4 is 5.32 Å². The van der Waals surface area contributed by atoms with Crippen LogP contribution in [0.1, 0.15) is 24.7 Å². The average molecular weight is 286 g/mol. The van der Waals surface area contributed by atoms with Crippen molar-refractivity contribution in [2.24, 2.45) is 0 Å². The van der Waals surface area contributed by atoms with Crippen molar-refractivity contribution in [3.8, 4) is 0 Å². The van der Waals surface area contributed by atoms with Crippen LogP contribution in [0.3, 0.4) is 0 Å². The van der Waals surface area contributed by atoms with Gasteiger partial charge in [-0.25, -0.2) is 0 Å². The summed E-state index contributed by atoms with van der Waals surface area (Å²) in [4.78, 5) is 0. The summed E-state index contributed by atoms with van der Waals surface area (Å²) in [7, 11) is 1.99. The molecule has 1 unspecified atom stereocenters. The van der Waals surface area contributed by atoms with Gasteiger partial charge in [0.2, 0.25) is 0 Å². The molecule has 3 nitrogen and oxygen atoms in total. The number of hydrogen-bond donors (Lipinski definition) is 1. The van der Waals surface area contributed by atoms with Gasteiger partial charge in [0.15, 0.2) is 0 Å². The molecule has 0 bridgehead atoms. The van der Waals surface area contributed by atoms with Gasteiger partial charge >= 0.3 is 0 Å². The van der Waals surface area contributed by atoms with Crippen LogP contribution >= 0.6 is 15.9 Å². The maximum atomic E-state index is 4.49. The minimum Gasteiger partial charge on any atom is -0.316 e. The molecule has 0 radical (unpaired) electrons. The fourth-order valence-electron chi connectivity index (χ4n) is 1.80. The first-order chi connectivity index (χ1) is 7.63. The van der Waals surface area contributed by atoms with Crippen LogP contribution in [0.4, 0.5) is 0 Å². The smallest absolute Gasteiger partial charge is 0.0738 e. The first-order valence-corrected chi connectivity index (χ1v) is 6.43. The van der Waals surface area contributed by atoms with E-state index >= 15 is 0 Å². The zero-order chi connectivity index (χ0) is 12.1. The first kappa shape index (κ1) is 13.5. The summed E-state index contributed by atoms with van der Waals surface area (Å²) in [6, 6.07) is 0.426. The normalized spacial score (nSPS) is 12.8. The van der Waals surface area contributed by atoms with Gasteiger partial charge in [-0.15, -0.1) is 6.58 Å². The van der Waals surface area contributed by atoms with Gasteiger partial charge in [-0.1, -0.05) is 6.08 Å². The van der Waals surface area contributed by atoms with Crippen LogP contribution in [-0.4, -0.2) is 22.9 Å². The van der Waals surface area contributed by atoms with Gasteiger partial charge in [0.1, 0.15) is 0 Å². The van der Waals surface area contributed by atoms with Crippen molar-refractivity contribution >= 4 is 15.9 Å². The number of nitrogens with one attached hydrogen (secondary N) is 1. The molecular weight excluding hydrogens is 266 g/mol. The molecule has 0 aromatic carbocycles. The van der Waals surface area contributed by atoms with Crippen LogP contribution in [-0.2, 0) is 13.0 Å². The maximum Gasteiger partial charge on any atom is 0.0738 e. The van der Waals surface area contributed by atoms with Crippen molar-refractivity contribution in [2.45, 2.75) is 39.3 Å². The molecule has 0 aliphatic rings. The van der Waals surface area contributed by atoms with Gasteiger partial charge in [0.25, 0.3) is 0 Å². The van der Waals surface area contributed by atoms with Gasteiger partial charge in [0, 0.05) is 19.0 Å². The zero-order valence-electron chi connectivity index (χ0n) is 10.3. The van der Waals surface area contributed by atoms with E-state index in [1.165, 1.54) is 5.69 Å². The Morgan fingerprint density at radius 2 is 2.31 bits per heavy atom. The molecule has 1 rings (SSSR count).